The summed E-state index contributed by atoms with van der Waals surface area (Å²) in [5, 5.41) is 2.90. The SMILES string of the molecule is O=C(Nc1cccnc1)C1CN(S(=O)(=O)c2ccccc2)CC12CCOCC2. The van der Waals surface area contributed by atoms with E-state index in [1.807, 2.05) is 0 Å². The number of carbonyl (C=O) groups excluding carboxylic acids is 1. The lowest BCUT2D eigenvalue weighted by Crippen LogP contribution is -2.42. The molecule has 8 heteroatoms. The van der Waals surface area contributed by atoms with Crippen molar-refractivity contribution in [3.05, 3.63) is 54.9 Å². The molecule has 1 N–H and O–H groups in total. The maximum absolute atomic E-state index is 13.1. The van der Waals surface area contributed by atoms with Crippen LogP contribution in [0.1, 0.15) is 12.8 Å². The van der Waals surface area contributed by atoms with Gasteiger partial charge in [0.15, 0.2) is 0 Å². The number of benzene rings is 1. The van der Waals surface area contributed by atoms with Crippen molar-refractivity contribution >= 4 is 21.6 Å². The number of carbonyl (C=O) groups is 1. The predicted molar refractivity (Wildman–Crippen MR) is 104 cm³/mol. The zero-order valence-electron chi connectivity index (χ0n) is 15.5. The second-order valence-corrected chi connectivity index (χ2v) is 9.31. The van der Waals surface area contributed by atoms with Gasteiger partial charge in [0.05, 0.1) is 22.7 Å². The zero-order chi connectivity index (χ0) is 19.6. The van der Waals surface area contributed by atoms with Crippen LogP contribution in [-0.2, 0) is 19.6 Å². The number of ether oxygens (including phenoxy) is 1. The molecular formula is C20H23N3O4S. The van der Waals surface area contributed by atoms with Gasteiger partial charge in [-0.05, 0) is 37.1 Å². The molecule has 1 amide bonds. The lowest BCUT2D eigenvalue weighted by atomic mass is 9.72. The summed E-state index contributed by atoms with van der Waals surface area (Å²) < 4.78 is 33.2. The summed E-state index contributed by atoms with van der Waals surface area (Å²) in [4.78, 5) is 17.4. The smallest absolute Gasteiger partial charge is 0.243 e. The Hall–Kier alpha value is -2.29. The van der Waals surface area contributed by atoms with Gasteiger partial charge in [-0.3, -0.25) is 9.78 Å². The Kier molecular flexibility index (Phi) is 5.18. The Morgan fingerprint density at radius 2 is 1.89 bits per heavy atom. The molecule has 1 unspecified atom stereocenters. The first kappa shape index (κ1) is 19.0. The first-order valence-corrected chi connectivity index (χ1v) is 10.8. The van der Waals surface area contributed by atoms with Gasteiger partial charge in [-0.2, -0.15) is 4.31 Å². The van der Waals surface area contributed by atoms with E-state index in [0.717, 1.165) is 0 Å². The van der Waals surface area contributed by atoms with Gasteiger partial charge in [-0.25, -0.2) is 8.42 Å². The van der Waals surface area contributed by atoms with Crippen molar-refractivity contribution in [2.24, 2.45) is 11.3 Å². The van der Waals surface area contributed by atoms with E-state index >= 15 is 0 Å². The van der Waals surface area contributed by atoms with E-state index in [1.54, 1.807) is 54.9 Å². The third-order valence-electron chi connectivity index (χ3n) is 5.73. The number of pyridine rings is 1. The minimum atomic E-state index is -3.65. The van der Waals surface area contributed by atoms with Crippen molar-refractivity contribution in [2.45, 2.75) is 17.7 Å². The van der Waals surface area contributed by atoms with E-state index in [0.29, 0.717) is 38.3 Å². The van der Waals surface area contributed by atoms with Crippen LogP contribution in [0.2, 0.25) is 0 Å². The number of hydrogen-bond donors (Lipinski definition) is 1. The molecule has 2 aliphatic rings. The van der Waals surface area contributed by atoms with Gasteiger partial charge >= 0.3 is 0 Å². The molecule has 2 aliphatic heterocycles. The minimum absolute atomic E-state index is 0.166. The molecular weight excluding hydrogens is 378 g/mol. The monoisotopic (exact) mass is 401 g/mol. The van der Waals surface area contributed by atoms with Gasteiger partial charge in [0.25, 0.3) is 0 Å². The first-order valence-electron chi connectivity index (χ1n) is 9.35. The first-order chi connectivity index (χ1) is 13.5. The van der Waals surface area contributed by atoms with E-state index < -0.39 is 21.4 Å². The zero-order valence-corrected chi connectivity index (χ0v) is 16.3. The van der Waals surface area contributed by atoms with E-state index in [2.05, 4.69) is 10.3 Å². The standard InChI is InChI=1S/C20H23N3O4S/c24-19(22-16-5-4-10-21-13-16)18-14-23(15-20(18)8-11-27-12-9-20)28(25,26)17-6-2-1-3-7-17/h1-7,10,13,18H,8-9,11-12,14-15H2,(H,22,24). The Labute approximate surface area is 164 Å². The van der Waals surface area contributed by atoms with Crippen LogP contribution >= 0.6 is 0 Å². The lowest BCUT2D eigenvalue weighted by Gasteiger charge is -2.37. The predicted octanol–water partition coefficient (Wildman–Crippen LogP) is 2.14. The fourth-order valence-corrected chi connectivity index (χ4v) is 5.73. The van der Waals surface area contributed by atoms with Gasteiger partial charge in [0.2, 0.25) is 15.9 Å². The van der Waals surface area contributed by atoms with Gasteiger partial charge < -0.3 is 10.1 Å². The fourth-order valence-electron chi connectivity index (χ4n) is 4.16. The van der Waals surface area contributed by atoms with Crippen molar-refractivity contribution in [2.75, 3.05) is 31.6 Å². The number of anilines is 1. The normalized spacial score (nSPS) is 22.2. The molecule has 0 bridgehead atoms. The number of amides is 1. The molecule has 2 fully saturated rings. The van der Waals surface area contributed by atoms with Gasteiger partial charge in [0, 0.05) is 37.9 Å². The molecule has 1 aromatic heterocycles. The highest BCUT2D eigenvalue weighted by Crippen LogP contribution is 2.46. The quantitative estimate of drug-likeness (QED) is 0.848. The van der Waals surface area contributed by atoms with Crippen LogP contribution in [0.3, 0.4) is 0 Å². The fraction of sp³-hybridized carbons (Fsp3) is 0.400. The Bertz CT molecular complexity index is 928. The molecule has 0 aliphatic carbocycles. The molecule has 2 saturated heterocycles. The highest BCUT2D eigenvalue weighted by atomic mass is 32.2. The number of sulfonamides is 1. The Morgan fingerprint density at radius 3 is 2.57 bits per heavy atom. The van der Waals surface area contributed by atoms with Gasteiger partial charge in [-0.15, -0.1) is 0 Å². The summed E-state index contributed by atoms with van der Waals surface area (Å²) in [6.07, 6.45) is 4.55. The van der Waals surface area contributed by atoms with Crippen molar-refractivity contribution in [1.82, 2.24) is 9.29 Å². The van der Waals surface area contributed by atoms with Crippen LogP contribution in [0, 0.1) is 11.3 Å². The number of nitrogens with zero attached hydrogens (tertiary/aromatic N) is 2. The van der Waals surface area contributed by atoms with E-state index in [9.17, 15) is 13.2 Å². The lowest BCUT2D eigenvalue weighted by molar-refractivity contribution is -0.124. The molecule has 3 heterocycles. The van der Waals surface area contributed by atoms with Crippen molar-refractivity contribution in [3.8, 4) is 0 Å². The summed E-state index contributed by atoms with van der Waals surface area (Å²) in [5.41, 5.74) is 0.200. The summed E-state index contributed by atoms with van der Waals surface area (Å²) in [7, 11) is -3.65. The minimum Gasteiger partial charge on any atom is -0.381 e. The third kappa shape index (κ3) is 3.55. The maximum Gasteiger partial charge on any atom is 0.243 e. The van der Waals surface area contributed by atoms with Crippen molar-refractivity contribution < 1.29 is 17.9 Å². The molecule has 1 atom stereocenters. The van der Waals surface area contributed by atoms with Crippen molar-refractivity contribution in [3.63, 3.8) is 0 Å². The van der Waals surface area contributed by atoms with Crippen LogP contribution in [-0.4, -0.2) is 49.9 Å². The molecule has 28 heavy (non-hydrogen) atoms. The topological polar surface area (TPSA) is 88.6 Å². The number of nitrogens with one attached hydrogen (secondary N) is 1. The summed E-state index contributed by atoms with van der Waals surface area (Å²) in [6.45, 7) is 1.58. The number of hydrogen-bond acceptors (Lipinski definition) is 5. The average Bonchev–Trinajstić information content (AvgIpc) is 3.09. The largest absolute Gasteiger partial charge is 0.381 e. The number of aromatic nitrogens is 1. The van der Waals surface area contributed by atoms with E-state index in [4.69, 9.17) is 4.74 Å². The Balaban J connectivity index is 1.62. The summed E-state index contributed by atoms with van der Waals surface area (Å²) in [6, 6.07) is 11.9. The average molecular weight is 401 g/mol. The molecule has 0 saturated carbocycles. The Morgan fingerprint density at radius 1 is 1.14 bits per heavy atom. The molecule has 0 radical (unpaired) electrons. The van der Waals surface area contributed by atoms with Crippen LogP contribution in [0.15, 0.2) is 59.8 Å². The van der Waals surface area contributed by atoms with E-state index in [-0.39, 0.29) is 17.3 Å². The van der Waals surface area contributed by atoms with Crippen LogP contribution in [0.4, 0.5) is 5.69 Å². The molecule has 7 nitrogen and oxygen atoms in total. The van der Waals surface area contributed by atoms with Gasteiger partial charge in [0.1, 0.15) is 0 Å². The third-order valence-corrected chi connectivity index (χ3v) is 7.56. The number of rotatable bonds is 4. The second-order valence-electron chi connectivity index (χ2n) is 7.37. The molecule has 148 valence electrons. The van der Waals surface area contributed by atoms with Gasteiger partial charge in [-0.1, -0.05) is 18.2 Å². The molecule has 2 aromatic rings. The van der Waals surface area contributed by atoms with Crippen LogP contribution in [0.25, 0.3) is 0 Å². The molecule has 4 rings (SSSR count). The highest BCUT2D eigenvalue weighted by molar-refractivity contribution is 7.89. The molecule has 1 aromatic carbocycles. The van der Waals surface area contributed by atoms with Crippen LogP contribution < -0.4 is 5.32 Å². The summed E-state index contributed by atoms with van der Waals surface area (Å²) >= 11 is 0. The summed E-state index contributed by atoms with van der Waals surface area (Å²) in [5.74, 6) is -0.601. The van der Waals surface area contributed by atoms with E-state index in [1.165, 1.54) is 4.31 Å². The van der Waals surface area contributed by atoms with Crippen molar-refractivity contribution in [1.29, 1.82) is 0 Å². The van der Waals surface area contributed by atoms with Crippen LogP contribution in [0.5, 0.6) is 0 Å². The second kappa shape index (κ2) is 7.62. The highest BCUT2D eigenvalue weighted by Gasteiger charge is 2.53. The maximum atomic E-state index is 13.1. The molecule has 1 spiro atoms.